The first-order chi connectivity index (χ1) is 11.7. The number of halogens is 1. The van der Waals surface area contributed by atoms with Gasteiger partial charge in [0.25, 0.3) is 0 Å². The Labute approximate surface area is 144 Å². The molecule has 2 aromatic carbocycles. The Morgan fingerprint density at radius 1 is 1.08 bits per heavy atom. The monoisotopic (exact) mass is 340 g/mol. The van der Waals surface area contributed by atoms with Crippen molar-refractivity contribution in [1.82, 2.24) is 4.98 Å². The van der Waals surface area contributed by atoms with Crippen LogP contribution >= 0.6 is 11.8 Å². The smallest absolute Gasteiger partial charge is 0.225 e. The summed E-state index contributed by atoms with van der Waals surface area (Å²) in [6.45, 7) is 0. The van der Waals surface area contributed by atoms with E-state index in [0.29, 0.717) is 12.2 Å². The van der Waals surface area contributed by atoms with Crippen molar-refractivity contribution in [2.75, 3.05) is 11.1 Å². The van der Waals surface area contributed by atoms with Crippen molar-refractivity contribution in [3.8, 4) is 0 Å². The van der Waals surface area contributed by atoms with Crippen molar-refractivity contribution in [1.29, 1.82) is 0 Å². The fourth-order valence-corrected chi connectivity index (χ4v) is 3.22. The molecule has 3 nitrogen and oxygen atoms in total. The summed E-state index contributed by atoms with van der Waals surface area (Å²) in [4.78, 5) is 17.4. The number of fused-ring (bicyclic) bond motifs is 1. The van der Waals surface area contributed by atoms with E-state index in [1.165, 1.54) is 12.1 Å². The van der Waals surface area contributed by atoms with Crippen LogP contribution in [-0.4, -0.2) is 16.6 Å². The highest BCUT2D eigenvalue weighted by molar-refractivity contribution is 7.99. The zero-order valence-corrected chi connectivity index (χ0v) is 13.9. The lowest BCUT2D eigenvalue weighted by Gasteiger charge is -2.07. The molecule has 0 radical (unpaired) electrons. The predicted octanol–water partition coefficient (Wildman–Crippen LogP) is 4.88. The number of hydrogen-bond acceptors (Lipinski definition) is 3. The van der Waals surface area contributed by atoms with Gasteiger partial charge < -0.3 is 5.32 Å². The summed E-state index contributed by atoms with van der Waals surface area (Å²) in [5.41, 5.74) is 0. The average Bonchev–Trinajstić information content (AvgIpc) is 2.61. The summed E-state index contributed by atoms with van der Waals surface area (Å²) >= 11 is 1.62. The maximum absolute atomic E-state index is 12.8. The first-order valence-corrected chi connectivity index (χ1v) is 8.73. The minimum absolute atomic E-state index is 0.0430. The molecule has 1 aromatic heterocycles. The van der Waals surface area contributed by atoms with E-state index in [4.69, 9.17) is 0 Å². The van der Waals surface area contributed by atoms with Crippen molar-refractivity contribution in [2.45, 2.75) is 17.7 Å². The normalized spacial score (nSPS) is 10.7. The van der Waals surface area contributed by atoms with Gasteiger partial charge in [-0.25, -0.2) is 9.37 Å². The maximum Gasteiger partial charge on any atom is 0.225 e. The second-order valence-corrected chi connectivity index (χ2v) is 6.50. The van der Waals surface area contributed by atoms with Crippen LogP contribution in [0.1, 0.15) is 12.8 Å². The third-order valence-electron chi connectivity index (χ3n) is 3.56. The summed E-state index contributed by atoms with van der Waals surface area (Å²) in [5.74, 6) is 1.13. The van der Waals surface area contributed by atoms with Gasteiger partial charge in [-0.15, -0.1) is 11.8 Å². The highest BCUT2D eigenvalue weighted by atomic mass is 32.2. The van der Waals surface area contributed by atoms with Gasteiger partial charge in [0.05, 0.1) is 0 Å². The van der Waals surface area contributed by atoms with Crippen molar-refractivity contribution in [3.05, 3.63) is 66.6 Å². The van der Waals surface area contributed by atoms with Crippen molar-refractivity contribution in [2.24, 2.45) is 0 Å². The van der Waals surface area contributed by atoms with Crippen LogP contribution in [0.2, 0.25) is 0 Å². The van der Waals surface area contributed by atoms with E-state index < -0.39 is 0 Å². The molecular formula is C19H17FN2OS. The molecule has 5 heteroatoms. The Hall–Kier alpha value is -2.40. The van der Waals surface area contributed by atoms with Crippen molar-refractivity contribution in [3.63, 3.8) is 0 Å². The van der Waals surface area contributed by atoms with Gasteiger partial charge in [0.2, 0.25) is 5.91 Å². The number of aromatic nitrogens is 1. The van der Waals surface area contributed by atoms with E-state index in [0.717, 1.165) is 27.8 Å². The first-order valence-electron chi connectivity index (χ1n) is 7.74. The molecule has 0 saturated carbocycles. The van der Waals surface area contributed by atoms with Crippen molar-refractivity contribution >= 4 is 34.3 Å². The number of carbonyl (C=O) groups excluding carboxylic acids is 1. The highest BCUT2D eigenvalue weighted by Gasteiger charge is 2.07. The van der Waals surface area contributed by atoms with E-state index in [1.54, 1.807) is 30.1 Å². The Morgan fingerprint density at radius 2 is 1.88 bits per heavy atom. The molecule has 0 aliphatic heterocycles. The Morgan fingerprint density at radius 3 is 2.71 bits per heavy atom. The van der Waals surface area contributed by atoms with E-state index in [2.05, 4.69) is 10.3 Å². The standard InChI is InChI=1S/C19H17FN2OS/c20-15-7-9-16(10-8-15)24-13-3-6-18(23)22-19-17-5-2-1-4-14(17)11-12-21-19/h1-2,4-5,7-12H,3,6,13H2,(H,21,22,23). The molecule has 1 heterocycles. The van der Waals surface area contributed by atoms with Crippen LogP contribution in [0.4, 0.5) is 10.2 Å². The number of carbonyl (C=O) groups is 1. The molecule has 0 aliphatic carbocycles. The molecule has 0 saturated heterocycles. The number of benzene rings is 2. The fourth-order valence-electron chi connectivity index (χ4n) is 2.37. The number of anilines is 1. The topological polar surface area (TPSA) is 42.0 Å². The predicted molar refractivity (Wildman–Crippen MR) is 96.7 cm³/mol. The molecule has 0 unspecified atom stereocenters. The molecule has 3 aromatic rings. The van der Waals surface area contributed by atoms with Gasteiger partial charge in [0, 0.05) is 22.9 Å². The van der Waals surface area contributed by atoms with Crippen LogP contribution in [0.15, 0.2) is 65.7 Å². The van der Waals surface area contributed by atoms with Crippen LogP contribution in [0.25, 0.3) is 10.8 Å². The highest BCUT2D eigenvalue weighted by Crippen LogP contribution is 2.22. The molecule has 0 aliphatic rings. The largest absolute Gasteiger partial charge is 0.310 e. The third-order valence-corrected chi connectivity index (χ3v) is 4.66. The van der Waals surface area contributed by atoms with Crippen molar-refractivity contribution < 1.29 is 9.18 Å². The Balaban J connectivity index is 1.49. The summed E-state index contributed by atoms with van der Waals surface area (Å²) in [6.07, 6.45) is 2.88. The minimum atomic E-state index is -0.235. The minimum Gasteiger partial charge on any atom is -0.310 e. The lowest BCUT2D eigenvalue weighted by molar-refractivity contribution is -0.116. The zero-order valence-electron chi connectivity index (χ0n) is 13.0. The Kier molecular flexibility index (Phi) is 5.43. The fraction of sp³-hybridized carbons (Fsp3) is 0.158. The summed E-state index contributed by atoms with van der Waals surface area (Å²) in [7, 11) is 0. The molecule has 0 atom stereocenters. The second kappa shape index (κ2) is 7.93. The van der Waals surface area contributed by atoms with E-state index in [-0.39, 0.29) is 11.7 Å². The van der Waals surface area contributed by atoms with Crippen LogP contribution < -0.4 is 5.32 Å². The number of hydrogen-bond donors (Lipinski definition) is 1. The lowest BCUT2D eigenvalue weighted by atomic mass is 10.1. The number of nitrogens with one attached hydrogen (secondary N) is 1. The SMILES string of the molecule is O=C(CCCSc1ccc(F)cc1)Nc1nccc2ccccc12. The number of nitrogens with zero attached hydrogens (tertiary/aromatic N) is 1. The number of thioether (sulfide) groups is 1. The lowest BCUT2D eigenvalue weighted by Crippen LogP contribution is -2.12. The first kappa shape index (κ1) is 16.5. The summed E-state index contributed by atoms with van der Waals surface area (Å²) in [5, 5.41) is 4.87. The molecule has 0 bridgehead atoms. The molecule has 3 rings (SSSR count). The molecule has 0 spiro atoms. The molecule has 1 N–H and O–H groups in total. The molecule has 0 fully saturated rings. The van der Waals surface area contributed by atoms with Gasteiger partial charge in [0.1, 0.15) is 11.6 Å². The number of pyridine rings is 1. The van der Waals surface area contributed by atoms with Gasteiger partial charge in [-0.05, 0) is 47.9 Å². The van der Waals surface area contributed by atoms with Gasteiger partial charge >= 0.3 is 0 Å². The Bertz CT molecular complexity index is 831. The van der Waals surface area contributed by atoms with Gasteiger partial charge in [0.15, 0.2) is 0 Å². The van der Waals surface area contributed by atoms with Gasteiger partial charge in [-0.1, -0.05) is 24.3 Å². The molecule has 1 amide bonds. The molecular weight excluding hydrogens is 323 g/mol. The third kappa shape index (κ3) is 4.32. The van der Waals surface area contributed by atoms with Crippen LogP contribution in [-0.2, 0) is 4.79 Å². The van der Waals surface area contributed by atoms with Crippen LogP contribution in [0.3, 0.4) is 0 Å². The zero-order chi connectivity index (χ0) is 16.8. The maximum atomic E-state index is 12.8. The van der Waals surface area contributed by atoms with Gasteiger partial charge in [-0.3, -0.25) is 4.79 Å². The summed E-state index contributed by atoms with van der Waals surface area (Å²) < 4.78 is 12.8. The molecule has 122 valence electrons. The second-order valence-electron chi connectivity index (χ2n) is 5.33. The van der Waals surface area contributed by atoms with E-state index >= 15 is 0 Å². The van der Waals surface area contributed by atoms with Crippen LogP contribution in [0.5, 0.6) is 0 Å². The number of amides is 1. The van der Waals surface area contributed by atoms with E-state index in [9.17, 15) is 9.18 Å². The van der Waals surface area contributed by atoms with Crippen LogP contribution in [0, 0.1) is 5.82 Å². The number of rotatable bonds is 6. The van der Waals surface area contributed by atoms with E-state index in [1.807, 2.05) is 30.3 Å². The average molecular weight is 340 g/mol. The van der Waals surface area contributed by atoms with Gasteiger partial charge in [-0.2, -0.15) is 0 Å². The summed E-state index contributed by atoms with van der Waals surface area (Å²) in [6, 6.07) is 16.1. The quantitative estimate of drug-likeness (QED) is 0.513. The molecule has 24 heavy (non-hydrogen) atoms.